The maximum atomic E-state index is 13.7. The number of pyridine rings is 1. The summed E-state index contributed by atoms with van der Waals surface area (Å²) in [6.45, 7) is -0.0145. The molecule has 15 nitrogen and oxygen atoms in total. The molecule has 1 aliphatic heterocycles. The lowest BCUT2D eigenvalue weighted by atomic mass is 10.0. The first-order valence-corrected chi connectivity index (χ1v) is 18.3. The number of fused-ring (bicyclic) bond motifs is 2. The Bertz CT molecular complexity index is 2300. The van der Waals surface area contributed by atoms with E-state index in [0.29, 0.717) is 65.0 Å². The number of unbranched alkanes of at least 4 members (excludes halogenated alkanes) is 3. The van der Waals surface area contributed by atoms with Crippen LogP contribution in [0.5, 0.6) is 0 Å². The van der Waals surface area contributed by atoms with Gasteiger partial charge in [-0.2, -0.15) is 23.4 Å². The Morgan fingerprint density at radius 2 is 1.60 bits per heavy atom. The standard InChI is InChI=1S/C39H40F3N9O6/c40-39(41,42)24-51-37(56)30(18-32(48-51)25-8-10-28(11-9-25)47-38(57)49-22-26-14-16-43-19-27(26)23-49)29-6-5-7-33-31(29)20-46-50(33)17-4-2-1-3-15-44-35(53)21-45-34(52)12-13-36(54)55/h5-11,14,16,18-20H,1-4,12-13,15,17,21-24H2,(H,44,53)(H,45,52)(H,47,57)(H,54,55). The van der Waals surface area contributed by atoms with Crippen LogP contribution in [0.2, 0.25) is 0 Å². The van der Waals surface area contributed by atoms with Crippen molar-refractivity contribution in [2.75, 3.05) is 18.4 Å². The number of aryl methyl sites for hydroxylation is 1. The van der Waals surface area contributed by atoms with Crippen LogP contribution in [0.1, 0.15) is 49.7 Å². The lowest BCUT2D eigenvalue weighted by molar-refractivity contribution is -0.143. The van der Waals surface area contributed by atoms with Crippen LogP contribution in [0.3, 0.4) is 0 Å². The molecule has 3 aromatic heterocycles. The molecule has 0 spiro atoms. The maximum Gasteiger partial charge on any atom is 0.408 e. The Kier molecular flexibility index (Phi) is 12.6. The third-order valence-electron chi connectivity index (χ3n) is 9.36. The number of nitrogens with zero attached hydrogens (tertiary/aromatic N) is 6. The summed E-state index contributed by atoms with van der Waals surface area (Å²) in [6, 6.07) is 14.7. The van der Waals surface area contributed by atoms with Crippen molar-refractivity contribution in [1.82, 2.24) is 40.1 Å². The summed E-state index contributed by atoms with van der Waals surface area (Å²) < 4.78 is 43.2. The Morgan fingerprint density at radius 1 is 0.825 bits per heavy atom. The van der Waals surface area contributed by atoms with Crippen molar-refractivity contribution in [1.29, 1.82) is 0 Å². The van der Waals surface area contributed by atoms with Gasteiger partial charge in [0, 0.05) is 61.6 Å². The Labute approximate surface area is 323 Å². The molecule has 4 amide bonds. The number of aliphatic carboxylic acids is 1. The summed E-state index contributed by atoms with van der Waals surface area (Å²) in [5, 5.41) is 25.7. The van der Waals surface area contributed by atoms with Gasteiger partial charge in [-0.05, 0) is 59.9 Å². The average Bonchev–Trinajstić information content (AvgIpc) is 3.81. The molecule has 298 valence electrons. The molecule has 0 saturated heterocycles. The van der Waals surface area contributed by atoms with Crippen LogP contribution in [-0.2, 0) is 40.6 Å². The normalized spacial score (nSPS) is 12.4. The molecule has 57 heavy (non-hydrogen) atoms. The van der Waals surface area contributed by atoms with Crippen molar-refractivity contribution in [3.05, 3.63) is 94.7 Å². The van der Waals surface area contributed by atoms with Crippen LogP contribution in [0.25, 0.3) is 33.3 Å². The van der Waals surface area contributed by atoms with E-state index in [-0.39, 0.29) is 42.6 Å². The highest BCUT2D eigenvalue weighted by Crippen LogP contribution is 2.30. The van der Waals surface area contributed by atoms with E-state index in [4.69, 9.17) is 5.11 Å². The summed E-state index contributed by atoms with van der Waals surface area (Å²) >= 11 is 0. The molecule has 4 N–H and O–H groups in total. The van der Waals surface area contributed by atoms with Crippen LogP contribution in [0.15, 0.2) is 78.0 Å². The predicted octanol–water partition coefficient (Wildman–Crippen LogP) is 5.09. The zero-order valence-corrected chi connectivity index (χ0v) is 30.7. The van der Waals surface area contributed by atoms with E-state index in [1.165, 1.54) is 6.07 Å². The van der Waals surface area contributed by atoms with Gasteiger partial charge in [-0.1, -0.05) is 37.1 Å². The van der Waals surface area contributed by atoms with Gasteiger partial charge in [-0.15, -0.1) is 0 Å². The maximum absolute atomic E-state index is 13.7. The summed E-state index contributed by atoms with van der Waals surface area (Å²) in [5.41, 5.74) is 3.25. The fraction of sp³-hybridized carbons (Fsp3) is 0.333. The molecule has 0 atom stereocenters. The smallest absolute Gasteiger partial charge is 0.408 e. The molecule has 0 saturated carbocycles. The van der Waals surface area contributed by atoms with E-state index < -0.39 is 30.2 Å². The van der Waals surface area contributed by atoms with Gasteiger partial charge in [0.15, 0.2) is 0 Å². The second kappa shape index (κ2) is 17.9. The number of carboxylic acid groups (broad SMARTS) is 1. The molecule has 0 bridgehead atoms. The quantitative estimate of drug-likeness (QED) is 0.0987. The first-order valence-electron chi connectivity index (χ1n) is 18.3. The lowest BCUT2D eigenvalue weighted by Gasteiger charge is -2.17. The minimum absolute atomic E-state index is 0.0248. The number of nitrogens with one attached hydrogen (secondary N) is 3. The minimum Gasteiger partial charge on any atom is -0.481 e. The molecule has 0 aliphatic carbocycles. The molecule has 18 heteroatoms. The van der Waals surface area contributed by atoms with Gasteiger partial charge in [-0.3, -0.25) is 28.8 Å². The van der Waals surface area contributed by atoms with Crippen LogP contribution >= 0.6 is 0 Å². The lowest BCUT2D eigenvalue weighted by Crippen LogP contribution is -2.37. The number of amides is 4. The molecule has 0 radical (unpaired) electrons. The van der Waals surface area contributed by atoms with E-state index in [1.807, 2.05) is 12.1 Å². The van der Waals surface area contributed by atoms with Crippen LogP contribution in [-0.4, -0.2) is 77.6 Å². The van der Waals surface area contributed by atoms with Gasteiger partial charge in [0.2, 0.25) is 11.8 Å². The van der Waals surface area contributed by atoms with Crippen LogP contribution < -0.4 is 21.5 Å². The van der Waals surface area contributed by atoms with Gasteiger partial charge in [0.1, 0.15) is 6.54 Å². The third-order valence-corrected chi connectivity index (χ3v) is 9.36. The molecule has 1 aliphatic rings. The highest BCUT2D eigenvalue weighted by atomic mass is 19.4. The highest BCUT2D eigenvalue weighted by molar-refractivity contribution is 5.95. The molecule has 0 unspecified atom stereocenters. The number of halogens is 3. The zero-order valence-electron chi connectivity index (χ0n) is 30.7. The van der Waals surface area contributed by atoms with E-state index in [0.717, 1.165) is 30.4 Å². The number of anilines is 1. The first-order chi connectivity index (χ1) is 27.3. The highest BCUT2D eigenvalue weighted by Gasteiger charge is 2.30. The molecule has 6 rings (SSSR count). The number of hydrogen-bond donors (Lipinski definition) is 4. The number of carbonyl (C=O) groups is 4. The van der Waals surface area contributed by atoms with Crippen molar-refractivity contribution in [2.45, 2.75) is 70.9 Å². The van der Waals surface area contributed by atoms with Crippen molar-refractivity contribution >= 4 is 40.4 Å². The SMILES string of the molecule is O=C(O)CCC(=O)NCC(=O)NCCCCCCn1ncc2c(-c3cc(-c4ccc(NC(=O)N5Cc6ccncc6C5)cc4)nn(CC(F)(F)F)c3=O)cccc21. The number of carboxylic acids is 1. The second-order valence-electron chi connectivity index (χ2n) is 13.6. The van der Waals surface area contributed by atoms with Crippen molar-refractivity contribution < 1.29 is 37.5 Å². The number of hydrogen-bond acceptors (Lipinski definition) is 8. The van der Waals surface area contributed by atoms with Crippen molar-refractivity contribution in [3.63, 3.8) is 0 Å². The topological polar surface area (TPSA) is 193 Å². The third kappa shape index (κ3) is 10.6. The number of aromatic nitrogens is 5. The number of carbonyl (C=O) groups excluding carboxylic acids is 3. The van der Waals surface area contributed by atoms with Crippen LogP contribution in [0.4, 0.5) is 23.7 Å². The van der Waals surface area contributed by atoms with E-state index in [1.54, 1.807) is 64.6 Å². The van der Waals surface area contributed by atoms with Crippen molar-refractivity contribution in [2.24, 2.45) is 0 Å². The average molecular weight is 788 g/mol. The predicted molar refractivity (Wildman–Crippen MR) is 203 cm³/mol. The van der Waals surface area contributed by atoms with Crippen molar-refractivity contribution in [3.8, 4) is 22.4 Å². The Hall–Kier alpha value is -6.59. The fourth-order valence-corrected chi connectivity index (χ4v) is 6.48. The number of urea groups is 1. The Balaban J connectivity index is 1.09. The van der Waals surface area contributed by atoms with Gasteiger partial charge < -0.3 is 26.0 Å². The number of benzene rings is 2. The van der Waals surface area contributed by atoms with Gasteiger partial charge in [0.25, 0.3) is 5.56 Å². The van der Waals surface area contributed by atoms with Gasteiger partial charge >= 0.3 is 18.2 Å². The van der Waals surface area contributed by atoms with E-state index in [9.17, 15) is 37.1 Å². The molecule has 0 fully saturated rings. The molecule has 4 heterocycles. The van der Waals surface area contributed by atoms with Crippen LogP contribution in [0, 0.1) is 0 Å². The number of alkyl halides is 3. The minimum atomic E-state index is -4.71. The molecule has 2 aromatic carbocycles. The molecular weight excluding hydrogens is 747 g/mol. The summed E-state index contributed by atoms with van der Waals surface area (Å²) in [5.74, 6) is -1.97. The molecule has 5 aromatic rings. The van der Waals surface area contributed by atoms with Gasteiger partial charge in [-0.25, -0.2) is 9.48 Å². The summed E-state index contributed by atoms with van der Waals surface area (Å²) in [7, 11) is 0. The monoisotopic (exact) mass is 787 g/mol. The van der Waals surface area contributed by atoms with E-state index >= 15 is 0 Å². The number of rotatable bonds is 16. The second-order valence-corrected chi connectivity index (χ2v) is 13.6. The largest absolute Gasteiger partial charge is 0.481 e. The van der Waals surface area contributed by atoms with Gasteiger partial charge in [0.05, 0.1) is 35.9 Å². The zero-order chi connectivity index (χ0) is 40.5. The fourth-order valence-electron chi connectivity index (χ4n) is 6.48. The van der Waals surface area contributed by atoms with E-state index in [2.05, 4.69) is 31.1 Å². The summed E-state index contributed by atoms with van der Waals surface area (Å²) in [4.78, 5) is 66.3. The Morgan fingerprint density at radius 3 is 2.35 bits per heavy atom. The summed E-state index contributed by atoms with van der Waals surface area (Å²) in [6.07, 6.45) is 2.82. The first kappa shape index (κ1) is 40.1. The molecular formula is C39H40F3N9O6.